The highest BCUT2D eigenvalue weighted by atomic mass is 16.2. The van der Waals surface area contributed by atoms with E-state index in [1.54, 1.807) is 13.1 Å². The maximum absolute atomic E-state index is 12.8. The number of aryl methyl sites for hydroxylation is 1. The Bertz CT molecular complexity index is 823. The fraction of sp³-hybridized carbons (Fsp3) is 0.476. The van der Waals surface area contributed by atoms with E-state index < -0.39 is 0 Å². The van der Waals surface area contributed by atoms with Crippen molar-refractivity contribution in [3.05, 3.63) is 41.2 Å². The molecule has 0 spiro atoms. The number of hydrogen-bond donors (Lipinski definition) is 2. The average molecular weight is 368 g/mol. The van der Waals surface area contributed by atoms with Crippen LogP contribution in [0.4, 0.5) is 0 Å². The van der Waals surface area contributed by atoms with E-state index in [4.69, 9.17) is 0 Å². The maximum Gasteiger partial charge on any atom is 0.254 e. The zero-order valence-corrected chi connectivity index (χ0v) is 16.3. The molecule has 27 heavy (non-hydrogen) atoms. The largest absolute Gasteiger partial charge is 0.355 e. The van der Waals surface area contributed by atoms with E-state index in [1.165, 1.54) is 17.7 Å². The average Bonchev–Trinajstić information content (AvgIpc) is 3.43. The summed E-state index contributed by atoms with van der Waals surface area (Å²) < 4.78 is 0. The van der Waals surface area contributed by atoms with Crippen LogP contribution >= 0.6 is 0 Å². The standard InChI is InChI=1S/C21H28N4O2/c1-4-5-11-22-18(26)13-25(3)21(27)17-8-6-7-16(12-17)19-14(2)23-24-20(19)15-9-10-15/h6-8,12,15H,4-5,9-11,13H2,1-3H3,(H,22,26)(H,23,24). The second-order valence-corrected chi connectivity index (χ2v) is 7.33. The summed E-state index contributed by atoms with van der Waals surface area (Å²) in [5, 5.41) is 10.4. The highest BCUT2D eigenvalue weighted by Crippen LogP contribution is 2.44. The van der Waals surface area contributed by atoms with Crippen molar-refractivity contribution < 1.29 is 9.59 Å². The molecule has 0 saturated heterocycles. The summed E-state index contributed by atoms with van der Waals surface area (Å²) in [5.74, 6) is 0.243. The molecule has 2 aromatic rings. The van der Waals surface area contributed by atoms with Gasteiger partial charge >= 0.3 is 0 Å². The predicted octanol–water partition coefficient (Wildman–Crippen LogP) is 3.25. The second kappa shape index (κ2) is 8.37. The first-order valence-electron chi connectivity index (χ1n) is 9.68. The van der Waals surface area contributed by atoms with Crippen LogP contribution < -0.4 is 5.32 Å². The lowest BCUT2D eigenvalue weighted by Gasteiger charge is -2.17. The third-order valence-corrected chi connectivity index (χ3v) is 4.92. The minimum Gasteiger partial charge on any atom is -0.355 e. The molecular weight excluding hydrogens is 340 g/mol. The molecule has 1 saturated carbocycles. The van der Waals surface area contributed by atoms with Gasteiger partial charge in [-0.3, -0.25) is 14.7 Å². The van der Waals surface area contributed by atoms with E-state index in [0.29, 0.717) is 18.0 Å². The number of unbranched alkanes of at least 4 members (excludes halogenated alkanes) is 1. The van der Waals surface area contributed by atoms with Crippen molar-refractivity contribution in [3.8, 4) is 11.1 Å². The molecule has 2 N–H and O–H groups in total. The zero-order valence-electron chi connectivity index (χ0n) is 16.3. The van der Waals surface area contributed by atoms with Gasteiger partial charge < -0.3 is 10.2 Å². The summed E-state index contributed by atoms with van der Waals surface area (Å²) in [6.45, 7) is 4.79. The minimum atomic E-state index is -0.156. The van der Waals surface area contributed by atoms with Gasteiger partial charge in [0.1, 0.15) is 0 Å². The first kappa shape index (κ1) is 19.1. The van der Waals surface area contributed by atoms with Gasteiger partial charge in [-0.1, -0.05) is 25.5 Å². The number of rotatable bonds is 8. The molecule has 6 nitrogen and oxygen atoms in total. The monoisotopic (exact) mass is 368 g/mol. The van der Waals surface area contributed by atoms with Crippen LogP contribution in [0.1, 0.15) is 60.3 Å². The fourth-order valence-electron chi connectivity index (χ4n) is 3.24. The van der Waals surface area contributed by atoms with Crippen molar-refractivity contribution in [2.75, 3.05) is 20.1 Å². The number of likely N-dealkylation sites (N-methyl/N-ethyl adjacent to an activating group) is 1. The van der Waals surface area contributed by atoms with Gasteiger partial charge in [-0.15, -0.1) is 0 Å². The minimum absolute atomic E-state index is 0.0604. The molecular formula is C21H28N4O2. The normalized spacial score (nSPS) is 13.4. The van der Waals surface area contributed by atoms with Crippen LogP contribution in [0.25, 0.3) is 11.1 Å². The summed E-state index contributed by atoms with van der Waals surface area (Å²) in [6, 6.07) is 7.60. The van der Waals surface area contributed by atoms with Crippen molar-refractivity contribution >= 4 is 11.8 Å². The highest BCUT2D eigenvalue weighted by molar-refractivity contribution is 5.97. The van der Waals surface area contributed by atoms with E-state index >= 15 is 0 Å². The Balaban J connectivity index is 1.72. The van der Waals surface area contributed by atoms with Gasteiger partial charge in [0.05, 0.1) is 12.2 Å². The van der Waals surface area contributed by atoms with Crippen LogP contribution in [0.15, 0.2) is 24.3 Å². The molecule has 0 radical (unpaired) electrons. The Morgan fingerprint density at radius 2 is 2.11 bits per heavy atom. The Labute approximate surface area is 160 Å². The molecule has 1 heterocycles. The van der Waals surface area contributed by atoms with Gasteiger partial charge in [0, 0.05) is 36.3 Å². The van der Waals surface area contributed by atoms with Crippen LogP contribution in [0.5, 0.6) is 0 Å². The van der Waals surface area contributed by atoms with Gasteiger partial charge in [0.2, 0.25) is 5.91 Å². The van der Waals surface area contributed by atoms with Gasteiger partial charge in [-0.05, 0) is 43.9 Å². The van der Waals surface area contributed by atoms with Crippen molar-refractivity contribution in [2.24, 2.45) is 0 Å². The van der Waals surface area contributed by atoms with E-state index in [-0.39, 0.29) is 18.4 Å². The van der Waals surface area contributed by atoms with Gasteiger partial charge in [0.25, 0.3) is 5.91 Å². The third-order valence-electron chi connectivity index (χ3n) is 4.92. The Kier molecular flexibility index (Phi) is 5.94. The first-order valence-corrected chi connectivity index (χ1v) is 9.68. The van der Waals surface area contributed by atoms with Crippen LogP contribution in [-0.4, -0.2) is 47.0 Å². The molecule has 0 bridgehead atoms. The number of hydrogen-bond acceptors (Lipinski definition) is 3. The van der Waals surface area contributed by atoms with Gasteiger partial charge in [-0.25, -0.2) is 0 Å². The summed E-state index contributed by atoms with van der Waals surface area (Å²) >= 11 is 0. The fourth-order valence-corrected chi connectivity index (χ4v) is 3.24. The molecule has 1 aromatic heterocycles. The Hall–Kier alpha value is -2.63. The zero-order chi connectivity index (χ0) is 19.4. The number of aromatic nitrogens is 2. The molecule has 0 atom stereocenters. The van der Waals surface area contributed by atoms with E-state index in [1.807, 2.05) is 25.1 Å². The van der Waals surface area contributed by atoms with Crippen LogP contribution in [0.3, 0.4) is 0 Å². The lowest BCUT2D eigenvalue weighted by atomic mass is 9.99. The number of amides is 2. The number of aromatic amines is 1. The maximum atomic E-state index is 12.8. The smallest absolute Gasteiger partial charge is 0.254 e. The number of carbonyl (C=O) groups excluding carboxylic acids is 2. The highest BCUT2D eigenvalue weighted by Gasteiger charge is 2.30. The summed E-state index contributed by atoms with van der Waals surface area (Å²) in [4.78, 5) is 26.2. The topological polar surface area (TPSA) is 78.1 Å². The molecule has 1 aromatic carbocycles. The molecule has 1 aliphatic rings. The van der Waals surface area contributed by atoms with Gasteiger partial charge in [0.15, 0.2) is 0 Å². The number of nitrogens with zero attached hydrogens (tertiary/aromatic N) is 2. The lowest BCUT2D eigenvalue weighted by molar-refractivity contribution is -0.121. The molecule has 1 fully saturated rings. The van der Waals surface area contributed by atoms with Crippen LogP contribution in [0, 0.1) is 6.92 Å². The quantitative estimate of drug-likeness (QED) is 0.702. The molecule has 0 unspecified atom stereocenters. The summed E-state index contributed by atoms with van der Waals surface area (Å²) in [5.41, 5.74) is 4.80. The van der Waals surface area contributed by atoms with Crippen molar-refractivity contribution in [3.63, 3.8) is 0 Å². The molecule has 1 aliphatic carbocycles. The van der Waals surface area contributed by atoms with Crippen LogP contribution in [-0.2, 0) is 4.79 Å². The third kappa shape index (κ3) is 4.56. The predicted molar refractivity (Wildman–Crippen MR) is 106 cm³/mol. The Morgan fingerprint density at radius 1 is 1.33 bits per heavy atom. The summed E-state index contributed by atoms with van der Waals surface area (Å²) in [7, 11) is 1.66. The SMILES string of the molecule is CCCCNC(=O)CN(C)C(=O)c1cccc(-c2c(C3CC3)n[nH]c2C)c1. The Morgan fingerprint density at radius 3 is 2.81 bits per heavy atom. The van der Waals surface area contributed by atoms with Crippen molar-refractivity contribution in [1.82, 2.24) is 20.4 Å². The number of H-pyrrole nitrogens is 1. The number of nitrogens with one attached hydrogen (secondary N) is 2. The second-order valence-electron chi connectivity index (χ2n) is 7.33. The number of carbonyl (C=O) groups is 2. The van der Waals surface area contributed by atoms with E-state index in [9.17, 15) is 9.59 Å². The lowest BCUT2D eigenvalue weighted by Crippen LogP contribution is -2.38. The van der Waals surface area contributed by atoms with E-state index in [0.717, 1.165) is 35.4 Å². The van der Waals surface area contributed by atoms with Crippen LogP contribution in [0.2, 0.25) is 0 Å². The molecule has 144 valence electrons. The molecule has 0 aliphatic heterocycles. The molecule has 2 amide bonds. The number of benzene rings is 1. The molecule has 3 rings (SSSR count). The van der Waals surface area contributed by atoms with Crippen molar-refractivity contribution in [1.29, 1.82) is 0 Å². The summed E-state index contributed by atoms with van der Waals surface area (Å²) in [6.07, 6.45) is 4.31. The first-order chi connectivity index (χ1) is 13.0. The van der Waals surface area contributed by atoms with Crippen molar-refractivity contribution in [2.45, 2.75) is 45.4 Å². The van der Waals surface area contributed by atoms with Gasteiger partial charge in [-0.2, -0.15) is 5.10 Å². The van der Waals surface area contributed by atoms with E-state index in [2.05, 4.69) is 22.4 Å². The molecule has 6 heteroatoms.